The summed E-state index contributed by atoms with van der Waals surface area (Å²) < 4.78 is 30.9. The lowest BCUT2D eigenvalue weighted by atomic mass is 9.98. The topological polar surface area (TPSA) is 227 Å². The van der Waals surface area contributed by atoms with Gasteiger partial charge in [0.05, 0.1) is 27.2 Å². The summed E-state index contributed by atoms with van der Waals surface area (Å²) in [4.78, 5) is 10.3. The van der Waals surface area contributed by atoms with Crippen LogP contribution in [0.1, 0.15) is 83.5 Å². The number of phenolic OH excluding ortho intramolecular Hbond substituents is 7. The van der Waals surface area contributed by atoms with Gasteiger partial charge in [0.2, 0.25) is 0 Å². The second-order valence-electron chi connectivity index (χ2n) is 29.6. The van der Waals surface area contributed by atoms with Crippen molar-refractivity contribution < 1.29 is 49.3 Å². The van der Waals surface area contributed by atoms with Gasteiger partial charge in [0, 0.05) is 124 Å². The lowest BCUT2D eigenvalue weighted by Gasteiger charge is -2.32. The van der Waals surface area contributed by atoms with Crippen LogP contribution in [-0.4, -0.2) is 158 Å². The first-order valence-corrected chi connectivity index (χ1v) is 44.4. The second-order valence-corrected chi connectivity index (χ2v) is 34.4. The number of hydrogen-bond acceptors (Lipinski definition) is 13. The number of benzene rings is 10. The molecule has 10 aromatic carbocycles. The van der Waals surface area contributed by atoms with E-state index in [-0.39, 0.29) is 56.9 Å². The van der Waals surface area contributed by atoms with Crippen molar-refractivity contribution in [1.29, 1.82) is 0 Å². The van der Waals surface area contributed by atoms with E-state index in [9.17, 15) is 44.5 Å². The molecule has 5 aliphatic rings. The Morgan fingerprint density at radius 3 is 1.06 bits per heavy atom. The third-order valence-corrected chi connectivity index (χ3v) is 25.8. The summed E-state index contributed by atoms with van der Waals surface area (Å²) in [5, 5.41) is 92.2. The van der Waals surface area contributed by atoms with Gasteiger partial charge in [-0.3, -0.25) is 0 Å². The Morgan fingerprint density at radius 2 is 0.642 bits per heavy atom. The second kappa shape index (κ2) is 45.7. The predicted molar refractivity (Wildman–Crippen MR) is 510 cm³/mol. The Bertz CT molecular complexity index is 5390. The number of nitrogens with zero attached hydrogens (tertiary/aromatic N) is 5. The summed E-state index contributed by atoms with van der Waals surface area (Å²) in [6.45, 7) is 10.4. The highest BCUT2D eigenvalue weighted by molar-refractivity contribution is 7.81. The maximum absolute atomic E-state index is 12.9. The van der Waals surface area contributed by atoms with Gasteiger partial charge in [0.25, 0.3) is 0 Å². The minimum Gasteiger partial charge on any atom is -0.506 e. The molecule has 32 heteroatoms. The Balaban J connectivity index is 0.000000150. The van der Waals surface area contributed by atoms with E-state index < -0.39 is 0 Å². The van der Waals surface area contributed by atoms with Crippen molar-refractivity contribution in [3.05, 3.63) is 300 Å². The first-order chi connectivity index (χ1) is 59.1. The normalized spacial score (nSPS) is 13.4. The molecule has 0 aromatic heterocycles. The number of fused-ring (bicyclic) bond motifs is 5. The van der Waals surface area contributed by atoms with Crippen molar-refractivity contribution >= 4 is 168 Å². The Hall–Kier alpha value is -9.06. The Kier molecular flexibility index (Phi) is 35.2. The van der Waals surface area contributed by atoms with Crippen molar-refractivity contribution in [2.24, 2.45) is 0 Å². The van der Waals surface area contributed by atoms with Crippen LogP contribution in [0.25, 0.3) is 0 Å². The van der Waals surface area contributed by atoms with E-state index in [2.05, 4.69) is 41.3 Å². The zero-order valence-corrected chi connectivity index (χ0v) is 76.4. The van der Waals surface area contributed by atoms with Gasteiger partial charge in [0.1, 0.15) is 17.4 Å². The molecule has 12 N–H and O–H groups in total. The molecular weight excluding hydrogens is 1810 g/mol. The number of nitrogens with one attached hydrogen (secondary N) is 5. The summed E-state index contributed by atoms with van der Waals surface area (Å²) in [6, 6.07) is 50.3. The molecule has 0 saturated heterocycles. The minimum absolute atomic E-state index is 0.0256. The molecule has 5 aliphatic heterocycles. The van der Waals surface area contributed by atoms with Gasteiger partial charge in [-0.05, 0) is 289 Å². The summed E-state index contributed by atoms with van der Waals surface area (Å²) in [6.07, 6.45) is 7.81. The molecule has 0 fully saturated rings. The van der Waals surface area contributed by atoms with Crippen molar-refractivity contribution in [3.8, 4) is 46.0 Å². The summed E-state index contributed by atoms with van der Waals surface area (Å²) in [5.74, 6) is -0.219. The standard InChI is InChI=1S/C19H21FN2O2S.C18H17Cl3N2OS.C18H18Cl2N2O2S.C18H18Cl2N2OS.C18H19FN2O2S/c1-24-17-7-4-14-12-22(11-9-16(14)18(17)23)19(25)21-10-8-13-2-5-15(20)6-3-13;19-13-3-1-11(2-4-13)5-7-22-18(25)23-8-6-12-9-15(20)17(24)16(21)14(12)10-23;19-13-3-1-11(2-4-13)5-7-21-18(25)22-8-6-14-12(10-22)9-15(23)17(24)16(14)20;19-14-4-1-12(2-5-14)7-9-21-18(24)22-10-8-13-3-6-16(23)17(20)15(13)11-22;19-14-4-1-12(2-5-14)7-9-20-18(24)21-10-8-15-13(11-21)3-6-16(22)17(15)23/h2-7,23H,8-12H2,1H3,(H,21,25);1-4,9,24H,5-8,10H2,(H,22,25);1-4,9,23-24H,5-8,10H2,(H,21,25);1-6,23H,7-11H2,(H,21,24);1-6,22-23H,7-11H2,(H,20,24). The quantitative estimate of drug-likeness (QED) is 0.0319. The number of hydrogen-bond donors (Lipinski definition) is 12. The molecule has 0 radical (unpaired) electrons. The fourth-order valence-electron chi connectivity index (χ4n) is 14.5. The van der Waals surface area contributed by atoms with Crippen molar-refractivity contribution in [2.45, 2.75) is 96.9 Å². The number of thiocarbonyl (C=S) groups is 5. The molecule has 123 heavy (non-hydrogen) atoms. The Morgan fingerprint density at radius 1 is 0.317 bits per heavy atom. The van der Waals surface area contributed by atoms with E-state index in [4.69, 9.17) is 147 Å². The third-order valence-electron chi connectivity index (χ3n) is 21.5. The average Bonchev–Trinajstić information content (AvgIpc) is 0.794. The van der Waals surface area contributed by atoms with Gasteiger partial charge in [-0.15, -0.1) is 0 Å². The number of rotatable bonds is 16. The number of ether oxygens (including phenoxy) is 1. The van der Waals surface area contributed by atoms with Crippen LogP contribution in [0.2, 0.25) is 35.2 Å². The monoisotopic (exact) mass is 1900 g/mol. The zero-order chi connectivity index (χ0) is 88.0. The fourth-order valence-corrected chi connectivity index (χ4v) is 17.3. The molecule has 18 nitrogen and oxygen atoms in total. The number of aromatic hydroxyl groups is 7. The molecule has 0 aliphatic carbocycles. The van der Waals surface area contributed by atoms with Crippen LogP contribution in [-0.2, 0) is 96.9 Å². The van der Waals surface area contributed by atoms with E-state index in [1.165, 1.54) is 52.6 Å². The van der Waals surface area contributed by atoms with E-state index in [0.717, 1.165) is 167 Å². The van der Waals surface area contributed by atoms with Crippen LogP contribution >= 0.6 is 142 Å². The highest BCUT2D eigenvalue weighted by atomic mass is 35.5. The van der Waals surface area contributed by atoms with Gasteiger partial charge < -0.3 is 91.6 Å². The zero-order valence-electron chi connectivity index (χ0n) is 67.1. The van der Waals surface area contributed by atoms with Crippen LogP contribution in [0.15, 0.2) is 170 Å². The third kappa shape index (κ3) is 26.5. The number of methoxy groups -OCH3 is 1. The van der Waals surface area contributed by atoms with Crippen LogP contribution in [0.3, 0.4) is 0 Å². The summed E-state index contributed by atoms with van der Waals surface area (Å²) in [7, 11) is 1.55. The average molecular weight is 1900 g/mol. The molecule has 0 amide bonds. The highest BCUT2D eigenvalue weighted by Gasteiger charge is 2.29. The fraction of sp³-hybridized carbons (Fsp3) is 0.286. The first kappa shape index (κ1) is 94.6. The van der Waals surface area contributed by atoms with Crippen molar-refractivity contribution in [1.82, 2.24) is 51.1 Å². The summed E-state index contributed by atoms with van der Waals surface area (Å²) in [5.41, 5.74) is 15.3. The smallest absolute Gasteiger partial charge is 0.176 e. The van der Waals surface area contributed by atoms with Gasteiger partial charge in [-0.25, -0.2) is 8.78 Å². The molecular formula is C91H93Cl7F2N10O8S5. The molecule has 15 rings (SSSR count). The van der Waals surface area contributed by atoms with E-state index in [1.54, 1.807) is 55.6 Å². The largest absolute Gasteiger partial charge is 0.506 e. The van der Waals surface area contributed by atoms with E-state index in [0.29, 0.717) is 118 Å². The molecule has 0 atom stereocenters. The number of phenols is 7. The van der Waals surface area contributed by atoms with Crippen LogP contribution in [0, 0.1) is 11.6 Å². The molecule has 5 heterocycles. The van der Waals surface area contributed by atoms with Crippen molar-refractivity contribution in [3.63, 3.8) is 0 Å². The van der Waals surface area contributed by atoms with Crippen LogP contribution < -0.4 is 31.3 Å². The molecule has 0 bridgehead atoms. The lowest BCUT2D eigenvalue weighted by molar-refractivity contribution is 0.351. The number of halogens is 9. The van der Waals surface area contributed by atoms with Crippen molar-refractivity contribution in [2.75, 3.05) is 72.6 Å². The Labute approximate surface area is 777 Å². The van der Waals surface area contributed by atoms with Gasteiger partial charge in [-0.1, -0.05) is 160 Å². The van der Waals surface area contributed by atoms with Gasteiger partial charge >= 0.3 is 0 Å². The van der Waals surface area contributed by atoms with Crippen LogP contribution in [0.4, 0.5) is 8.78 Å². The molecule has 0 unspecified atom stereocenters. The molecule has 0 spiro atoms. The van der Waals surface area contributed by atoms with Crippen LogP contribution in [0.5, 0.6) is 46.0 Å². The highest BCUT2D eigenvalue weighted by Crippen LogP contribution is 2.43. The van der Waals surface area contributed by atoms with Gasteiger partial charge in [0.15, 0.2) is 65.8 Å². The molecule has 648 valence electrons. The lowest BCUT2D eigenvalue weighted by Crippen LogP contribution is -2.43. The SMILES string of the molecule is COc1ccc2c(c1O)CCN(C(=S)NCCc1ccc(F)cc1)C2.Oc1c(Cl)cc2c(c1Cl)CN(C(=S)NCCc1ccc(Cl)cc1)CC2.Oc1cc2c(c(Cl)c1O)CCN(C(=S)NCCc1ccc(Cl)cc1)C2.Oc1ccc2c(c1Cl)CN(C(=S)NCCc1ccc(Cl)cc1)CC2.Oc1ccc2c(c1O)CCN(C(=S)NCCc1ccc(F)cc1)C2. The molecule has 10 aromatic rings. The van der Waals surface area contributed by atoms with E-state index in [1.807, 2.05) is 101 Å². The maximum Gasteiger partial charge on any atom is 0.176 e. The molecule has 0 saturated carbocycles. The first-order valence-electron chi connectivity index (χ1n) is 39.7. The summed E-state index contributed by atoms with van der Waals surface area (Å²) >= 11 is 69.7. The van der Waals surface area contributed by atoms with Gasteiger partial charge in [-0.2, -0.15) is 0 Å². The predicted octanol–water partition coefficient (Wildman–Crippen LogP) is 18.6. The van der Waals surface area contributed by atoms with E-state index >= 15 is 0 Å². The minimum atomic E-state index is -0.252. The maximum atomic E-state index is 12.9.